The number of carbonyl (C=O) groups is 1. The van der Waals surface area contributed by atoms with Gasteiger partial charge in [0.1, 0.15) is 0 Å². The summed E-state index contributed by atoms with van der Waals surface area (Å²) < 4.78 is 0. The van der Waals surface area contributed by atoms with Crippen LogP contribution in [0.25, 0.3) is 0 Å². The first-order chi connectivity index (χ1) is 7.10. The Kier molecular flexibility index (Phi) is 8.06. The summed E-state index contributed by atoms with van der Waals surface area (Å²) in [6.45, 7) is 8.98. The van der Waals surface area contributed by atoms with Crippen LogP contribution in [0.15, 0.2) is 11.8 Å². The third kappa shape index (κ3) is 8.22. The van der Waals surface area contributed by atoms with Crippen LogP contribution in [0.3, 0.4) is 0 Å². The fourth-order valence-electron chi connectivity index (χ4n) is 1.60. The van der Waals surface area contributed by atoms with Crippen LogP contribution in [0.4, 0.5) is 0 Å². The quantitative estimate of drug-likeness (QED) is 0.624. The summed E-state index contributed by atoms with van der Waals surface area (Å²) in [6.07, 6.45) is 6.72. The lowest BCUT2D eigenvalue weighted by Gasteiger charge is -2.16. The molecular formula is C13H25NO. The summed E-state index contributed by atoms with van der Waals surface area (Å²) in [5, 5.41) is 3.31. The first-order valence-corrected chi connectivity index (χ1v) is 6.02. The van der Waals surface area contributed by atoms with Gasteiger partial charge in [-0.1, -0.05) is 33.1 Å². The molecule has 1 unspecified atom stereocenters. The molecule has 2 heteroatoms. The molecule has 0 radical (unpaired) electrons. The summed E-state index contributed by atoms with van der Waals surface area (Å²) in [5.41, 5.74) is 0.984. The van der Waals surface area contributed by atoms with E-state index in [1.165, 1.54) is 25.7 Å². The third-order valence-corrected chi connectivity index (χ3v) is 2.63. The molecule has 0 saturated carbocycles. The zero-order valence-corrected chi connectivity index (χ0v) is 10.6. The fraction of sp³-hybridized carbons (Fsp3) is 0.769. The summed E-state index contributed by atoms with van der Waals surface area (Å²) in [7, 11) is 0. The Labute approximate surface area is 94.1 Å². The van der Waals surface area contributed by atoms with Crippen molar-refractivity contribution in [3.05, 3.63) is 11.8 Å². The number of nitrogens with one attached hydrogen (secondary N) is 1. The summed E-state index contributed by atoms with van der Waals surface area (Å²) >= 11 is 0. The van der Waals surface area contributed by atoms with Gasteiger partial charge < -0.3 is 5.32 Å². The largest absolute Gasteiger partial charge is 0.388 e. The molecule has 0 fully saturated rings. The molecule has 0 aromatic heterocycles. The molecule has 0 saturated heterocycles. The van der Waals surface area contributed by atoms with Crippen molar-refractivity contribution in [2.24, 2.45) is 5.92 Å². The second-order valence-corrected chi connectivity index (χ2v) is 4.24. The van der Waals surface area contributed by atoms with Crippen molar-refractivity contribution in [1.82, 2.24) is 5.32 Å². The van der Waals surface area contributed by atoms with Gasteiger partial charge in [0, 0.05) is 12.2 Å². The van der Waals surface area contributed by atoms with Crippen molar-refractivity contribution in [2.45, 2.75) is 53.4 Å². The van der Waals surface area contributed by atoms with Gasteiger partial charge in [-0.3, -0.25) is 4.79 Å². The molecule has 88 valence electrons. The standard InChI is InChI=1S/C13H25NO/c1-5-7-8-13(6-2)10-14-11(3)9-12(4)15/h9,13-14H,5-8,10H2,1-4H3/b11-9+. The number of ketones is 1. The van der Waals surface area contributed by atoms with Gasteiger partial charge in [0.05, 0.1) is 0 Å². The molecular weight excluding hydrogens is 186 g/mol. The molecule has 2 nitrogen and oxygen atoms in total. The van der Waals surface area contributed by atoms with Crippen molar-refractivity contribution in [3.63, 3.8) is 0 Å². The molecule has 0 aliphatic rings. The van der Waals surface area contributed by atoms with E-state index in [2.05, 4.69) is 19.2 Å². The van der Waals surface area contributed by atoms with Crippen LogP contribution < -0.4 is 5.32 Å². The van der Waals surface area contributed by atoms with Crippen LogP contribution in [0, 0.1) is 5.92 Å². The van der Waals surface area contributed by atoms with Gasteiger partial charge in [-0.15, -0.1) is 0 Å². The minimum atomic E-state index is 0.113. The Bertz CT molecular complexity index is 209. The molecule has 1 atom stereocenters. The maximum atomic E-state index is 10.8. The van der Waals surface area contributed by atoms with Gasteiger partial charge in [-0.25, -0.2) is 0 Å². The van der Waals surface area contributed by atoms with Crippen LogP contribution in [0.2, 0.25) is 0 Å². The zero-order chi connectivity index (χ0) is 11.7. The molecule has 0 heterocycles. The number of rotatable bonds is 8. The number of hydrogen-bond donors (Lipinski definition) is 1. The highest BCUT2D eigenvalue weighted by molar-refractivity contribution is 5.87. The van der Waals surface area contributed by atoms with Crippen LogP contribution in [0.5, 0.6) is 0 Å². The molecule has 0 amide bonds. The molecule has 0 aromatic rings. The third-order valence-electron chi connectivity index (χ3n) is 2.63. The SMILES string of the molecule is CCCCC(CC)CN/C(C)=C/C(C)=O. The van der Waals surface area contributed by atoms with Gasteiger partial charge in [-0.2, -0.15) is 0 Å². The first kappa shape index (κ1) is 14.2. The highest BCUT2D eigenvalue weighted by atomic mass is 16.1. The molecule has 0 aromatic carbocycles. The van der Waals surface area contributed by atoms with Crippen molar-refractivity contribution < 1.29 is 4.79 Å². The minimum Gasteiger partial charge on any atom is -0.388 e. The maximum Gasteiger partial charge on any atom is 0.154 e. The zero-order valence-electron chi connectivity index (χ0n) is 10.6. The Hall–Kier alpha value is -0.790. The van der Waals surface area contributed by atoms with E-state index in [0.717, 1.165) is 18.2 Å². The van der Waals surface area contributed by atoms with Crippen LogP contribution in [-0.4, -0.2) is 12.3 Å². The predicted molar refractivity (Wildman–Crippen MR) is 65.7 cm³/mol. The van der Waals surface area contributed by atoms with Crippen molar-refractivity contribution in [2.75, 3.05) is 6.54 Å². The van der Waals surface area contributed by atoms with Crippen LogP contribution in [-0.2, 0) is 4.79 Å². The Balaban J connectivity index is 3.84. The molecule has 15 heavy (non-hydrogen) atoms. The van der Waals surface area contributed by atoms with Crippen molar-refractivity contribution in [3.8, 4) is 0 Å². The highest BCUT2D eigenvalue weighted by Crippen LogP contribution is 2.11. The molecule has 0 aliphatic carbocycles. The number of unbranched alkanes of at least 4 members (excludes halogenated alkanes) is 1. The highest BCUT2D eigenvalue weighted by Gasteiger charge is 2.04. The second-order valence-electron chi connectivity index (χ2n) is 4.24. The van der Waals surface area contributed by atoms with E-state index in [4.69, 9.17) is 0 Å². The van der Waals surface area contributed by atoms with Crippen molar-refractivity contribution in [1.29, 1.82) is 0 Å². The van der Waals surface area contributed by atoms with E-state index in [0.29, 0.717) is 0 Å². The number of carbonyl (C=O) groups excluding carboxylic acids is 1. The minimum absolute atomic E-state index is 0.113. The molecule has 0 aliphatic heterocycles. The lowest BCUT2D eigenvalue weighted by Crippen LogP contribution is -2.21. The Morgan fingerprint density at radius 2 is 2.00 bits per heavy atom. The first-order valence-electron chi connectivity index (χ1n) is 6.02. The lowest BCUT2D eigenvalue weighted by atomic mass is 9.99. The predicted octanol–water partition coefficient (Wildman–Crippen LogP) is 3.29. The van der Waals surface area contributed by atoms with E-state index in [1.807, 2.05) is 6.92 Å². The lowest BCUT2D eigenvalue weighted by molar-refractivity contribution is -0.112. The fourth-order valence-corrected chi connectivity index (χ4v) is 1.60. The van der Waals surface area contributed by atoms with E-state index >= 15 is 0 Å². The smallest absolute Gasteiger partial charge is 0.154 e. The number of hydrogen-bond acceptors (Lipinski definition) is 2. The average molecular weight is 211 g/mol. The van der Waals surface area contributed by atoms with Crippen LogP contribution in [0.1, 0.15) is 53.4 Å². The van der Waals surface area contributed by atoms with Gasteiger partial charge in [0.25, 0.3) is 0 Å². The summed E-state index contributed by atoms with van der Waals surface area (Å²) in [4.78, 5) is 10.8. The molecule has 0 bridgehead atoms. The number of allylic oxidation sites excluding steroid dienone is 2. The van der Waals surface area contributed by atoms with Crippen LogP contribution >= 0.6 is 0 Å². The second kappa shape index (κ2) is 8.51. The van der Waals surface area contributed by atoms with Gasteiger partial charge in [-0.05, 0) is 32.3 Å². The van der Waals surface area contributed by atoms with E-state index in [-0.39, 0.29) is 5.78 Å². The Morgan fingerprint density at radius 3 is 2.47 bits per heavy atom. The van der Waals surface area contributed by atoms with Gasteiger partial charge in [0.15, 0.2) is 5.78 Å². The Morgan fingerprint density at radius 1 is 1.33 bits per heavy atom. The van der Waals surface area contributed by atoms with Gasteiger partial charge in [0.2, 0.25) is 0 Å². The topological polar surface area (TPSA) is 29.1 Å². The summed E-state index contributed by atoms with van der Waals surface area (Å²) in [6, 6.07) is 0. The maximum absolute atomic E-state index is 10.8. The van der Waals surface area contributed by atoms with E-state index < -0.39 is 0 Å². The molecule has 1 N–H and O–H groups in total. The average Bonchev–Trinajstić information content (AvgIpc) is 2.17. The molecule has 0 rings (SSSR count). The molecule has 0 spiro atoms. The monoisotopic (exact) mass is 211 g/mol. The normalized spacial score (nSPS) is 13.7. The van der Waals surface area contributed by atoms with Crippen molar-refractivity contribution >= 4 is 5.78 Å². The van der Waals surface area contributed by atoms with E-state index in [1.54, 1.807) is 13.0 Å². The van der Waals surface area contributed by atoms with E-state index in [9.17, 15) is 4.79 Å². The summed E-state index contributed by atoms with van der Waals surface area (Å²) in [5.74, 6) is 0.849. The van der Waals surface area contributed by atoms with Gasteiger partial charge >= 0.3 is 0 Å².